The number of allylic oxidation sites excluding steroid dienone is 1. The van der Waals surface area contributed by atoms with E-state index in [1.807, 2.05) is 0 Å². The smallest absolute Gasteiger partial charge is 0.0527 e. The summed E-state index contributed by atoms with van der Waals surface area (Å²) in [6.07, 6.45) is 2.66. The van der Waals surface area contributed by atoms with Gasteiger partial charge in [-0.2, -0.15) is 5.10 Å². The maximum absolute atomic E-state index is 6.64. The molecule has 0 fully saturated rings. The van der Waals surface area contributed by atoms with Crippen LogP contribution in [0.4, 0.5) is 0 Å². The van der Waals surface area contributed by atoms with Crippen molar-refractivity contribution in [2.24, 2.45) is 5.10 Å². The van der Waals surface area contributed by atoms with E-state index >= 15 is 0 Å². The van der Waals surface area contributed by atoms with Crippen molar-refractivity contribution in [1.29, 1.82) is 5.41 Å². The zero-order chi connectivity index (χ0) is 6.41. The molecule has 2 N–H and O–H groups in total. The van der Waals surface area contributed by atoms with Gasteiger partial charge in [-0.3, -0.25) is 5.43 Å². The van der Waals surface area contributed by atoms with E-state index < -0.39 is 0 Å². The fourth-order valence-corrected chi connectivity index (χ4v) is 0.251. The van der Waals surface area contributed by atoms with Gasteiger partial charge in [0.1, 0.15) is 0 Å². The summed E-state index contributed by atoms with van der Waals surface area (Å²) < 4.78 is 0.630. The summed E-state index contributed by atoms with van der Waals surface area (Å²) in [5.74, 6) is 0. The quantitative estimate of drug-likeness (QED) is 0.490. The molecule has 0 spiro atoms. The van der Waals surface area contributed by atoms with E-state index in [1.54, 1.807) is 0 Å². The average molecular weight is 176 g/mol. The number of halogens is 1. The highest BCUT2D eigenvalue weighted by atomic mass is 79.9. The van der Waals surface area contributed by atoms with Crippen molar-refractivity contribution in [3.8, 4) is 0 Å². The normalized spacial score (nSPS) is 10.4. The average Bonchev–Trinajstić information content (AvgIpc) is 1.83. The van der Waals surface area contributed by atoms with Gasteiger partial charge in [-0.1, -0.05) is 0 Å². The first kappa shape index (κ1) is 7.36. The largest absolute Gasteiger partial charge is 0.308 e. The lowest BCUT2D eigenvalue weighted by molar-refractivity contribution is 0.982. The second kappa shape index (κ2) is 4.52. The van der Waals surface area contributed by atoms with E-state index in [1.165, 1.54) is 6.20 Å². The lowest BCUT2D eigenvalue weighted by Gasteiger charge is -1.85. The summed E-state index contributed by atoms with van der Waals surface area (Å²) in [5.41, 5.74) is 2.45. The fraction of sp³-hybridized carbons (Fsp3) is 0. The number of hydrogen-bond acceptors (Lipinski definition) is 3. The van der Waals surface area contributed by atoms with Crippen molar-refractivity contribution in [2.75, 3.05) is 0 Å². The van der Waals surface area contributed by atoms with Crippen LogP contribution in [0.3, 0.4) is 0 Å². The number of rotatable bonds is 3. The minimum atomic E-state index is 0.630. The molecule has 0 aliphatic heterocycles. The molecule has 3 nitrogen and oxygen atoms in total. The number of nitrogens with one attached hydrogen (secondary N) is 2. The molecule has 44 valence electrons. The molecule has 0 saturated heterocycles. The Kier molecular flexibility index (Phi) is 4.16. The summed E-state index contributed by atoms with van der Waals surface area (Å²) in [6.45, 7) is 3.17. The van der Waals surface area contributed by atoms with Crippen molar-refractivity contribution in [3.05, 3.63) is 10.7 Å². The van der Waals surface area contributed by atoms with E-state index in [0.717, 1.165) is 6.21 Å². The van der Waals surface area contributed by atoms with Crippen LogP contribution in [-0.2, 0) is 0 Å². The molecular formula is C4H6BrN3. The zero-order valence-corrected chi connectivity index (χ0v) is 5.77. The first-order valence-corrected chi connectivity index (χ1v) is 2.68. The minimum Gasteiger partial charge on any atom is -0.308 e. The molecule has 0 saturated carbocycles. The van der Waals surface area contributed by atoms with Crippen molar-refractivity contribution in [3.63, 3.8) is 0 Å². The monoisotopic (exact) mass is 175 g/mol. The molecule has 0 aromatic heterocycles. The lowest BCUT2D eigenvalue weighted by Crippen LogP contribution is -1.91. The van der Waals surface area contributed by atoms with Gasteiger partial charge in [-0.15, -0.1) is 0 Å². The summed E-state index contributed by atoms with van der Waals surface area (Å²) in [4.78, 5) is 0. The highest BCUT2D eigenvalue weighted by Gasteiger charge is 1.76. The van der Waals surface area contributed by atoms with Crippen LogP contribution in [0.25, 0.3) is 0 Å². The van der Waals surface area contributed by atoms with Gasteiger partial charge < -0.3 is 5.41 Å². The molecule has 0 aliphatic rings. The molecule has 0 aromatic rings. The number of hydrogen-bond donors (Lipinski definition) is 2. The summed E-state index contributed by atoms with van der Waals surface area (Å²) in [7, 11) is 0. The van der Waals surface area contributed by atoms with Crippen LogP contribution in [0.2, 0.25) is 0 Å². The van der Waals surface area contributed by atoms with Crippen molar-refractivity contribution >= 4 is 28.9 Å². The van der Waals surface area contributed by atoms with Crippen LogP contribution in [0.1, 0.15) is 0 Å². The van der Waals surface area contributed by atoms with Gasteiger partial charge in [0, 0.05) is 19.1 Å². The third-order valence-corrected chi connectivity index (χ3v) is 0.889. The first-order chi connectivity index (χ1) is 3.81. The molecular weight excluding hydrogens is 170 g/mol. The molecule has 0 heterocycles. The zero-order valence-electron chi connectivity index (χ0n) is 4.19. The molecule has 0 aliphatic carbocycles. The van der Waals surface area contributed by atoms with Gasteiger partial charge in [-0.25, -0.2) is 0 Å². The highest BCUT2D eigenvalue weighted by molar-refractivity contribution is 9.12. The van der Waals surface area contributed by atoms with Crippen molar-refractivity contribution in [1.82, 2.24) is 5.43 Å². The Balaban J connectivity index is 3.56. The maximum Gasteiger partial charge on any atom is 0.0527 e. The van der Waals surface area contributed by atoms with Gasteiger partial charge >= 0.3 is 0 Å². The Labute approximate surface area is 56.1 Å². The molecule has 0 rings (SSSR count). The summed E-state index contributed by atoms with van der Waals surface area (Å²) in [6, 6.07) is 0. The Hall–Kier alpha value is -0.640. The third kappa shape index (κ3) is 3.55. The van der Waals surface area contributed by atoms with E-state index in [-0.39, 0.29) is 0 Å². The van der Waals surface area contributed by atoms with E-state index in [9.17, 15) is 0 Å². The van der Waals surface area contributed by atoms with Crippen LogP contribution in [-0.4, -0.2) is 12.9 Å². The third-order valence-electron chi connectivity index (χ3n) is 0.432. The predicted octanol–water partition coefficient (Wildman–Crippen LogP) is 1.08. The Morgan fingerprint density at radius 3 is 2.88 bits per heavy atom. The lowest BCUT2D eigenvalue weighted by atomic mass is 10.7. The SMILES string of the molecule is C=NN/C=C(/Br)C=N. The molecule has 0 amide bonds. The molecule has 4 heteroatoms. The molecule has 0 atom stereocenters. The Morgan fingerprint density at radius 1 is 1.88 bits per heavy atom. The second-order valence-corrected chi connectivity index (χ2v) is 1.88. The number of hydrazone groups is 1. The van der Waals surface area contributed by atoms with Gasteiger partial charge in [0.15, 0.2) is 0 Å². The standard InChI is InChI=1S/C4H6BrN3/c1-7-8-3-4(5)2-6/h2-3,6,8H,1H2/b4-3+,6-2?. The van der Waals surface area contributed by atoms with Crippen LogP contribution in [0.5, 0.6) is 0 Å². The van der Waals surface area contributed by atoms with E-state index in [0.29, 0.717) is 4.48 Å². The van der Waals surface area contributed by atoms with Crippen molar-refractivity contribution in [2.45, 2.75) is 0 Å². The molecule has 0 aromatic carbocycles. The van der Waals surface area contributed by atoms with Crippen LogP contribution in [0.15, 0.2) is 15.8 Å². The second-order valence-electron chi connectivity index (χ2n) is 0.961. The Morgan fingerprint density at radius 2 is 2.50 bits per heavy atom. The van der Waals surface area contributed by atoms with E-state index in [4.69, 9.17) is 5.41 Å². The van der Waals surface area contributed by atoms with Gasteiger partial charge in [0.25, 0.3) is 0 Å². The molecule has 8 heavy (non-hydrogen) atoms. The van der Waals surface area contributed by atoms with Gasteiger partial charge in [-0.05, 0) is 15.9 Å². The first-order valence-electron chi connectivity index (χ1n) is 1.88. The maximum atomic E-state index is 6.64. The molecule has 0 radical (unpaired) electrons. The fourth-order valence-electron chi connectivity index (χ4n) is 0.149. The minimum absolute atomic E-state index is 0.630. The summed E-state index contributed by atoms with van der Waals surface area (Å²) >= 11 is 3.05. The topological polar surface area (TPSA) is 48.2 Å². The van der Waals surface area contributed by atoms with E-state index in [2.05, 4.69) is 33.2 Å². The van der Waals surface area contributed by atoms with Crippen molar-refractivity contribution < 1.29 is 0 Å². The van der Waals surface area contributed by atoms with Gasteiger partial charge in [0.2, 0.25) is 0 Å². The molecule has 0 unspecified atom stereocenters. The number of nitrogens with zero attached hydrogens (tertiary/aromatic N) is 1. The van der Waals surface area contributed by atoms with Crippen LogP contribution in [0, 0.1) is 5.41 Å². The predicted molar refractivity (Wildman–Crippen MR) is 38.5 cm³/mol. The summed E-state index contributed by atoms with van der Waals surface area (Å²) in [5, 5.41) is 9.96. The Bertz CT molecular complexity index is 118. The van der Waals surface area contributed by atoms with Crippen LogP contribution < -0.4 is 5.43 Å². The van der Waals surface area contributed by atoms with Gasteiger partial charge in [0.05, 0.1) is 4.48 Å². The van der Waals surface area contributed by atoms with Crippen LogP contribution >= 0.6 is 15.9 Å². The molecule has 0 bridgehead atoms. The highest BCUT2D eigenvalue weighted by Crippen LogP contribution is 1.95.